The number of rotatable bonds is 6. The van der Waals surface area contributed by atoms with Gasteiger partial charge in [-0.15, -0.1) is 0 Å². The number of ether oxygens (including phenoxy) is 1. The predicted octanol–water partition coefficient (Wildman–Crippen LogP) is 1.79. The third kappa shape index (κ3) is 3.08. The predicted molar refractivity (Wildman–Crippen MR) is 59.9 cm³/mol. The first-order chi connectivity index (χ1) is 7.79. The molecule has 0 bridgehead atoms. The molecule has 1 aliphatic carbocycles. The first-order valence-electron chi connectivity index (χ1n) is 5.95. The van der Waals surface area contributed by atoms with Crippen LogP contribution < -0.4 is 0 Å². The minimum absolute atomic E-state index is 0.151. The molecule has 2 rings (SSSR count). The summed E-state index contributed by atoms with van der Waals surface area (Å²) in [6.07, 6.45) is 7.93. The number of carbonyl (C=O) groups is 1. The molecule has 4 heteroatoms. The summed E-state index contributed by atoms with van der Waals surface area (Å²) >= 11 is 0. The van der Waals surface area contributed by atoms with Gasteiger partial charge in [-0.3, -0.25) is 4.79 Å². The summed E-state index contributed by atoms with van der Waals surface area (Å²) in [6.45, 7) is 2.99. The molecule has 0 spiro atoms. The van der Waals surface area contributed by atoms with Crippen LogP contribution in [-0.4, -0.2) is 22.1 Å². The van der Waals surface area contributed by atoms with E-state index < -0.39 is 0 Å². The van der Waals surface area contributed by atoms with E-state index in [9.17, 15) is 4.79 Å². The highest BCUT2D eigenvalue weighted by Crippen LogP contribution is 2.28. The average Bonchev–Trinajstić information content (AvgIpc) is 3.00. The maximum atomic E-state index is 11.5. The molecule has 0 aliphatic heterocycles. The molecule has 0 saturated heterocycles. The van der Waals surface area contributed by atoms with Crippen LogP contribution >= 0.6 is 0 Å². The number of hydrogen-bond donors (Lipinski definition) is 0. The number of hydrogen-bond acceptors (Lipinski definition) is 3. The van der Waals surface area contributed by atoms with E-state index in [2.05, 4.69) is 11.9 Å². The molecule has 88 valence electrons. The van der Waals surface area contributed by atoms with Crippen LogP contribution in [0.4, 0.5) is 0 Å². The van der Waals surface area contributed by atoms with E-state index in [0.717, 1.165) is 18.7 Å². The normalized spacial score (nSPS) is 15.1. The SMILES string of the molecule is CCCc1nccn1CC(=O)OCC1CC1. The van der Waals surface area contributed by atoms with Gasteiger partial charge in [0, 0.05) is 18.8 Å². The van der Waals surface area contributed by atoms with Crippen molar-refractivity contribution in [2.45, 2.75) is 39.2 Å². The van der Waals surface area contributed by atoms with Crippen molar-refractivity contribution in [2.24, 2.45) is 5.92 Å². The van der Waals surface area contributed by atoms with Crippen molar-refractivity contribution in [1.82, 2.24) is 9.55 Å². The Hall–Kier alpha value is -1.32. The molecule has 4 nitrogen and oxygen atoms in total. The highest BCUT2D eigenvalue weighted by molar-refractivity contribution is 5.69. The second-order valence-electron chi connectivity index (χ2n) is 4.35. The summed E-state index contributed by atoms with van der Waals surface area (Å²) in [5.41, 5.74) is 0. The molecule has 0 amide bonds. The molecule has 1 aromatic heterocycles. The molecule has 1 aromatic rings. The van der Waals surface area contributed by atoms with Gasteiger partial charge in [-0.1, -0.05) is 6.92 Å². The zero-order chi connectivity index (χ0) is 11.4. The first kappa shape index (κ1) is 11.2. The lowest BCUT2D eigenvalue weighted by molar-refractivity contribution is -0.144. The van der Waals surface area contributed by atoms with Crippen molar-refractivity contribution in [3.05, 3.63) is 18.2 Å². The molecule has 0 N–H and O–H groups in total. The molecule has 1 aliphatic rings. The topological polar surface area (TPSA) is 44.1 Å². The second-order valence-corrected chi connectivity index (χ2v) is 4.35. The van der Waals surface area contributed by atoms with Gasteiger partial charge in [-0.05, 0) is 25.2 Å². The Morgan fingerprint density at radius 2 is 2.44 bits per heavy atom. The number of carbonyl (C=O) groups excluding carboxylic acids is 1. The van der Waals surface area contributed by atoms with Crippen molar-refractivity contribution >= 4 is 5.97 Å². The van der Waals surface area contributed by atoms with Gasteiger partial charge in [0.2, 0.25) is 0 Å². The van der Waals surface area contributed by atoms with Crippen LogP contribution in [0.1, 0.15) is 32.0 Å². The molecule has 0 radical (unpaired) electrons. The summed E-state index contributed by atoms with van der Waals surface area (Å²) in [4.78, 5) is 15.8. The van der Waals surface area contributed by atoms with Gasteiger partial charge in [0.05, 0.1) is 6.61 Å². The molecule has 1 heterocycles. The fourth-order valence-corrected chi connectivity index (χ4v) is 1.62. The van der Waals surface area contributed by atoms with Gasteiger partial charge in [0.1, 0.15) is 12.4 Å². The van der Waals surface area contributed by atoms with Gasteiger partial charge in [-0.2, -0.15) is 0 Å². The zero-order valence-corrected chi connectivity index (χ0v) is 9.69. The van der Waals surface area contributed by atoms with Crippen LogP contribution in [0.3, 0.4) is 0 Å². The molecular formula is C12H18N2O2. The highest BCUT2D eigenvalue weighted by atomic mass is 16.5. The summed E-state index contributed by atoms with van der Waals surface area (Å²) in [5, 5.41) is 0. The van der Waals surface area contributed by atoms with Crippen LogP contribution in [0.15, 0.2) is 12.4 Å². The fraction of sp³-hybridized carbons (Fsp3) is 0.667. The number of esters is 1. The molecule has 16 heavy (non-hydrogen) atoms. The molecule has 0 atom stereocenters. The minimum atomic E-state index is -0.151. The average molecular weight is 222 g/mol. The molecule has 1 saturated carbocycles. The first-order valence-corrected chi connectivity index (χ1v) is 5.95. The second kappa shape index (κ2) is 5.14. The Kier molecular flexibility index (Phi) is 3.59. The largest absolute Gasteiger partial charge is 0.464 e. The van der Waals surface area contributed by atoms with Crippen molar-refractivity contribution in [1.29, 1.82) is 0 Å². The van der Waals surface area contributed by atoms with Crippen LogP contribution in [0, 0.1) is 5.92 Å². The van der Waals surface area contributed by atoms with Gasteiger partial charge in [0.15, 0.2) is 0 Å². The lowest BCUT2D eigenvalue weighted by atomic mass is 10.3. The van der Waals surface area contributed by atoms with E-state index in [1.165, 1.54) is 12.8 Å². The standard InChI is InChI=1S/C12H18N2O2/c1-2-3-11-13-6-7-14(11)8-12(15)16-9-10-4-5-10/h6-7,10H,2-5,8-9H2,1H3. The fourth-order valence-electron chi connectivity index (χ4n) is 1.62. The van der Waals surface area contributed by atoms with E-state index in [0.29, 0.717) is 19.1 Å². The summed E-state index contributed by atoms with van der Waals surface area (Å²) in [7, 11) is 0. The molecule has 0 aromatic carbocycles. The minimum Gasteiger partial charge on any atom is -0.464 e. The van der Waals surface area contributed by atoms with E-state index in [1.54, 1.807) is 6.20 Å². The van der Waals surface area contributed by atoms with Crippen molar-refractivity contribution in [3.8, 4) is 0 Å². The van der Waals surface area contributed by atoms with Crippen LogP contribution in [0.5, 0.6) is 0 Å². The summed E-state index contributed by atoms with van der Waals surface area (Å²) in [5.74, 6) is 1.44. The Morgan fingerprint density at radius 1 is 1.62 bits per heavy atom. The maximum Gasteiger partial charge on any atom is 0.326 e. The van der Waals surface area contributed by atoms with E-state index in [1.807, 2.05) is 10.8 Å². The Balaban J connectivity index is 1.81. The van der Waals surface area contributed by atoms with E-state index >= 15 is 0 Å². The van der Waals surface area contributed by atoms with Gasteiger partial charge in [0.25, 0.3) is 0 Å². The number of nitrogens with zero attached hydrogens (tertiary/aromatic N) is 2. The third-order valence-corrected chi connectivity index (χ3v) is 2.75. The lowest BCUT2D eigenvalue weighted by Gasteiger charge is -2.07. The highest BCUT2D eigenvalue weighted by Gasteiger charge is 2.23. The quantitative estimate of drug-likeness (QED) is 0.689. The van der Waals surface area contributed by atoms with Crippen LogP contribution in [0.25, 0.3) is 0 Å². The molecule has 0 unspecified atom stereocenters. The van der Waals surface area contributed by atoms with Crippen molar-refractivity contribution in [2.75, 3.05) is 6.61 Å². The number of aryl methyl sites for hydroxylation is 1. The smallest absolute Gasteiger partial charge is 0.326 e. The summed E-state index contributed by atoms with van der Waals surface area (Å²) < 4.78 is 7.06. The summed E-state index contributed by atoms with van der Waals surface area (Å²) in [6, 6.07) is 0. The molecule has 1 fully saturated rings. The zero-order valence-electron chi connectivity index (χ0n) is 9.69. The van der Waals surface area contributed by atoms with Gasteiger partial charge in [-0.25, -0.2) is 4.98 Å². The van der Waals surface area contributed by atoms with Crippen LogP contribution in [0.2, 0.25) is 0 Å². The Bertz CT molecular complexity index is 356. The Morgan fingerprint density at radius 3 is 3.12 bits per heavy atom. The van der Waals surface area contributed by atoms with Gasteiger partial charge >= 0.3 is 5.97 Å². The van der Waals surface area contributed by atoms with Crippen molar-refractivity contribution in [3.63, 3.8) is 0 Å². The van der Waals surface area contributed by atoms with E-state index in [-0.39, 0.29) is 5.97 Å². The lowest BCUT2D eigenvalue weighted by Crippen LogP contribution is -2.16. The van der Waals surface area contributed by atoms with Gasteiger partial charge < -0.3 is 9.30 Å². The monoisotopic (exact) mass is 222 g/mol. The Labute approximate surface area is 95.6 Å². The number of aromatic nitrogens is 2. The van der Waals surface area contributed by atoms with Crippen molar-refractivity contribution < 1.29 is 9.53 Å². The number of imidazole rings is 1. The van der Waals surface area contributed by atoms with Crippen LogP contribution in [-0.2, 0) is 22.5 Å². The molecular weight excluding hydrogens is 204 g/mol. The maximum absolute atomic E-state index is 11.5. The van der Waals surface area contributed by atoms with E-state index in [4.69, 9.17) is 4.74 Å². The third-order valence-electron chi connectivity index (χ3n) is 2.75.